The minimum absolute atomic E-state index is 0.0614. The number of aryl methyl sites for hydroxylation is 1. The van der Waals surface area contributed by atoms with Crippen molar-refractivity contribution in [3.8, 4) is 0 Å². The van der Waals surface area contributed by atoms with Gasteiger partial charge in [-0.15, -0.1) is 0 Å². The number of ketones is 1. The van der Waals surface area contributed by atoms with E-state index in [1.807, 2.05) is 26.0 Å². The first-order chi connectivity index (χ1) is 12.0. The lowest BCUT2D eigenvalue weighted by atomic mass is 10.1. The molecule has 0 aliphatic rings. The van der Waals surface area contributed by atoms with Crippen LogP contribution in [0.4, 0.5) is 5.69 Å². The fourth-order valence-electron chi connectivity index (χ4n) is 2.28. The van der Waals surface area contributed by atoms with Crippen LogP contribution in [-0.4, -0.2) is 24.3 Å². The van der Waals surface area contributed by atoms with Crippen molar-refractivity contribution in [3.63, 3.8) is 0 Å². The van der Waals surface area contributed by atoms with Gasteiger partial charge in [0, 0.05) is 17.7 Å². The first-order valence-electron chi connectivity index (χ1n) is 8.17. The van der Waals surface area contributed by atoms with Crippen molar-refractivity contribution in [1.29, 1.82) is 0 Å². The van der Waals surface area contributed by atoms with Crippen molar-refractivity contribution >= 4 is 23.3 Å². The summed E-state index contributed by atoms with van der Waals surface area (Å²) in [7, 11) is 0. The molecule has 0 aliphatic carbocycles. The summed E-state index contributed by atoms with van der Waals surface area (Å²) in [4.78, 5) is 35.7. The van der Waals surface area contributed by atoms with Crippen LogP contribution >= 0.6 is 0 Å². The second-order valence-electron chi connectivity index (χ2n) is 5.69. The van der Waals surface area contributed by atoms with E-state index < -0.39 is 5.97 Å². The topological polar surface area (TPSA) is 72.5 Å². The highest BCUT2D eigenvalue weighted by Gasteiger charge is 2.13. The molecule has 2 aromatic carbocycles. The van der Waals surface area contributed by atoms with Crippen LogP contribution in [0.1, 0.15) is 46.0 Å². The van der Waals surface area contributed by atoms with E-state index in [-0.39, 0.29) is 18.3 Å². The van der Waals surface area contributed by atoms with Gasteiger partial charge < -0.3 is 10.1 Å². The van der Waals surface area contributed by atoms with Gasteiger partial charge >= 0.3 is 5.97 Å². The molecular weight excluding hydrogens is 318 g/mol. The Morgan fingerprint density at radius 2 is 1.68 bits per heavy atom. The number of esters is 1. The van der Waals surface area contributed by atoms with Crippen LogP contribution in [0.25, 0.3) is 0 Å². The van der Waals surface area contributed by atoms with Crippen molar-refractivity contribution in [1.82, 2.24) is 0 Å². The zero-order chi connectivity index (χ0) is 18.2. The Morgan fingerprint density at radius 1 is 1.00 bits per heavy atom. The number of hydrogen-bond acceptors (Lipinski definition) is 4. The second kappa shape index (κ2) is 8.78. The normalized spacial score (nSPS) is 10.2. The Hall–Kier alpha value is -2.95. The van der Waals surface area contributed by atoms with Crippen molar-refractivity contribution in [3.05, 3.63) is 65.2 Å². The minimum Gasteiger partial charge on any atom is -0.454 e. The Labute approximate surface area is 147 Å². The highest BCUT2D eigenvalue weighted by Crippen LogP contribution is 2.12. The summed E-state index contributed by atoms with van der Waals surface area (Å²) in [5, 5.41) is 2.75. The molecule has 2 aromatic rings. The average Bonchev–Trinajstić information content (AvgIpc) is 2.60. The highest BCUT2D eigenvalue weighted by molar-refractivity contribution is 6.00. The maximum atomic E-state index is 12.1. The number of rotatable bonds is 7. The van der Waals surface area contributed by atoms with E-state index in [1.165, 1.54) is 0 Å². The molecule has 0 saturated carbocycles. The number of nitrogens with one attached hydrogen (secondary N) is 1. The van der Waals surface area contributed by atoms with Gasteiger partial charge in [-0.2, -0.15) is 0 Å². The van der Waals surface area contributed by atoms with Gasteiger partial charge in [0.2, 0.25) is 5.91 Å². The Kier molecular flexibility index (Phi) is 6.46. The molecule has 1 N–H and O–H groups in total. The Bertz CT molecular complexity index is 766. The van der Waals surface area contributed by atoms with Crippen LogP contribution < -0.4 is 5.32 Å². The van der Waals surface area contributed by atoms with Crippen molar-refractivity contribution in [2.75, 3.05) is 11.9 Å². The molecule has 5 nitrogen and oxygen atoms in total. The molecule has 0 radical (unpaired) electrons. The van der Waals surface area contributed by atoms with Crippen molar-refractivity contribution in [2.24, 2.45) is 0 Å². The molecular formula is C20H21NO4. The number of anilines is 1. The number of carbonyl (C=O) groups excluding carboxylic acids is 3. The number of carbonyl (C=O) groups is 3. The van der Waals surface area contributed by atoms with Gasteiger partial charge in [-0.1, -0.05) is 25.1 Å². The molecule has 0 fully saturated rings. The average molecular weight is 339 g/mol. The molecule has 130 valence electrons. The van der Waals surface area contributed by atoms with E-state index in [1.54, 1.807) is 36.4 Å². The van der Waals surface area contributed by atoms with E-state index in [0.29, 0.717) is 23.2 Å². The van der Waals surface area contributed by atoms with E-state index in [2.05, 4.69) is 5.32 Å². The summed E-state index contributed by atoms with van der Waals surface area (Å²) in [6.45, 7) is 3.41. The zero-order valence-electron chi connectivity index (χ0n) is 14.4. The molecule has 5 heteroatoms. The van der Waals surface area contributed by atoms with E-state index in [4.69, 9.17) is 4.74 Å². The standard InChI is InChI=1S/C20H21NO4/c1-3-6-19(23)21-16-11-9-15(10-12-16)18(22)13-25-20(24)17-8-5-4-7-14(17)2/h4-5,7-12H,3,6,13H2,1-2H3,(H,21,23). The minimum atomic E-state index is -0.519. The Morgan fingerprint density at radius 3 is 2.32 bits per heavy atom. The fourth-order valence-corrected chi connectivity index (χ4v) is 2.28. The maximum absolute atomic E-state index is 12.1. The summed E-state index contributed by atoms with van der Waals surface area (Å²) >= 11 is 0. The van der Waals surface area contributed by atoms with Crippen LogP contribution in [0, 0.1) is 6.92 Å². The summed E-state index contributed by atoms with van der Waals surface area (Å²) in [5.74, 6) is -0.878. The lowest BCUT2D eigenvalue weighted by Gasteiger charge is -2.08. The lowest BCUT2D eigenvalue weighted by molar-refractivity contribution is -0.116. The number of hydrogen-bond donors (Lipinski definition) is 1. The fraction of sp³-hybridized carbons (Fsp3) is 0.250. The first kappa shape index (κ1) is 18.4. The monoisotopic (exact) mass is 339 g/mol. The summed E-state index contributed by atoms with van der Waals surface area (Å²) in [6, 6.07) is 13.6. The molecule has 0 spiro atoms. The van der Waals surface area contributed by atoms with E-state index in [9.17, 15) is 14.4 Å². The van der Waals surface area contributed by atoms with E-state index >= 15 is 0 Å². The van der Waals surface area contributed by atoms with Gasteiger partial charge in [0.15, 0.2) is 12.4 Å². The highest BCUT2D eigenvalue weighted by atomic mass is 16.5. The molecule has 2 rings (SSSR count). The number of amides is 1. The van der Waals surface area contributed by atoms with Gasteiger partial charge in [0.1, 0.15) is 0 Å². The van der Waals surface area contributed by atoms with Crippen LogP contribution in [0.3, 0.4) is 0 Å². The third-order valence-corrected chi connectivity index (χ3v) is 3.67. The van der Waals surface area contributed by atoms with Gasteiger partial charge in [-0.3, -0.25) is 9.59 Å². The molecule has 0 unspecified atom stereocenters. The molecule has 1 amide bonds. The van der Waals surface area contributed by atoms with Crippen LogP contribution in [0.15, 0.2) is 48.5 Å². The van der Waals surface area contributed by atoms with E-state index in [0.717, 1.165) is 12.0 Å². The molecule has 25 heavy (non-hydrogen) atoms. The van der Waals surface area contributed by atoms with Crippen LogP contribution in [0.5, 0.6) is 0 Å². The molecule has 0 atom stereocenters. The smallest absolute Gasteiger partial charge is 0.338 e. The SMILES string of the molecule is CCCC(=O)Nc1ccc(C(=O)COC(=O)c2ccccc2C)cc1. The Balaban J connectivity index is 1.91. The number of benzene rings is 2. The van der Waals surface area contributed by atoms with Gasteiger partial charge in [-0.25, -0.2) is 4.79 Å². The van der Waals surface area contributed by atoms with Gasteiger partial charge in [0.05, 0.1) is 5.56 Å². The van der Waals surface area contributed by atoms with Crippen molar-refractivity contribution < 1.29 is 19.1 Å². The van der Waals surface area contributed by atoms with Crippen LogP contribution in [-0.2, 0) is 9.53 Å². The predicted molar refractivity (Wildman–Crippen MR) is 95.8 cm³/mol. The molecule has 0 aromatic heterocycles. The molecule has 0 aliphatic heterocycles. The number of ether oxygens (including phenoxy) is 1. The molecule has 0 saturated heterocycles. The molecule has 0 heterocycles. The third kappa shape index (κ3) is 5.28. The largest absolute Gasteiger partial charge is 0.454 e. The lowest BCUT2D eigenvalue weighted by Crippen LogP contribution is -2.15. The van der Waals surface area contributed by atoms with Gasteiger partial charge in [0.25, 0.3) is 0 Å². The van der Waals surface area contributed by atoms with Gasteiger partial charge in [-0.05, 0) is 49.2 Å². The summed E-state index contributed by atoms with van der Waals surface area (Å²) in [6.07, 6.45) is 1.23. The first-order valence-corrected chi connectivity index (χ1v) is 8.17. The summed E-state index contributed by atoms with van der Waals surface area (Å²) < 4.78 is 5.09. The third-order valence-electron chi connectivity index (χ3n) is 3.67. The van der Waals surface area contributed by atoms with Crippen LogP contribution in [0.2, 0.25) is 0 Å². The number of Topliss-reactive ketones (excluding diaryl/α,β-unsaturated/α-hetero) is 1. The quantitative estimate of drug-likeness (QED) is 0.615. The van der Waals surface area contributed by atoms with Crippen molar-refractivity contribution in [2.45, 2.75) is 26.7 Å². The molecule has 0 bridgehead atoms. The maximum Gasteiger partial charge on any atom is 0.338 e. The zero-order valence-corrected chi connectivity index (χ0v) is 14.4. The predicted octanol–water partition coefficient (Wildman–Crippen LogP) is 3.77. The second-order valence-corrected chi connectivity index (χ2v) is 5.69. The summed E-state index contributed by atoms with van der Waals surface area (Å²) in [5.41, 5.74) is 2.30.